The van der Waals surface area contributed by atoms with E-state index in [1.54, 1.807) is 24.3 Å². The maximum absolute atomic E-state index is 12.3. The number of rotatable bonds is 9. The maximum Gasteiger partial charge on any atom is 0.181 e. The van der Waals surface area contributed by atoms with E-state index in [0.29, 0.717) is 4.90 Å². The van der Waals surface area contributed by atoms with Crippen molar-refractivity contribution in [2.45, 2.75) is 89.6 Å². The molecule has 1 fully saturated rings. The summed E-state index contributed by atoms with van der Waals surface area (Å²) in [4.78, 5) is 0.379. The molecule has 1 aromatic carbocycles. The van der Waals surface area contributed by atoms with Crippen molar-refractivity contribution in [1.82, 2.24) is 0 Å². The first-order valence-corrected chi connectivity index (χ1v) is 12.0. The van der Waals surface area contributed by atoms with Crippen LogP contribution in [-0.2, 0) is 19.3 Å². The van der Waals surface area contributed by atoms with E-state index in [2.05, 4.69) is 26.8 Å². The first kappa shape index (κ1) is 23.8. The highest BCUT2D eigenvalue weighted by Gasteiger charge is 2.46. The molecule has 162 valence electrons. The molecule has 1 atom stereocenters. The molecule has 0 spiro atoms. The van der Waals surface area contributed by atoms with Crippen molar-refractivity contribution in [3.63, 3.8) is 0 Å². The third-order valence-electron chi connectivity index (χ3n) is 5.30. The molecule has 0 saturated carbocycles. The fourth-order valence-corrected chi connectivity index (χ4v) is 4.97. The van der Waals surface area contributed by atoms with E-state index in [4.69, 9.17) is 9.47 Å². The van der Waals surface area contributed by atoms with E-state index in [-0.39, 0.29) is 17.5 Å². The minimum absolute atomic E-state index is 0.0510. The van der Waals surface area contributed by atoms with Gasteiger partial charge in [-0.25, -0.2) is 8.42 Å². The number of hydrogen-bond donors (Lipinski definition) is 0. The number of hydrogen-bond acceptors (Lipinski definition) is 4. The standard InChI is InChI=1S/C24H36O4S/c1-19(15-16-22-23(3,4)28-24(5,6)27-22)11-10-12-20(2)17-18-29(25,26)21-13-8-7-9-14-21/h7-9,11,13-14,17,22H,10,12,15-16,18H2,1-6H3/b19-11+,20-17+/t22-/m1/s1. The lowest BCUT2D eigenvalue weighted by atomic mass is 9.95. The van der Waals surface area contributed by atoms with Crippen LogP contribution in [-0.4, -0.2) is 31.7 Å². The van der Waals surface area contributed by atoms with Crippen LogP contribution in [0.3, 0.4) is 0 Å². The van der Waals surface area contributed by atoms with Crippen molar-refractivity contribution in [3.8, 4) is 0 Å². The zero-order chi connectivity index (χ0) is 21.7. The van der Waals surface area contributed by atoms with E-state index in [1.807, 2.05) is 32.9 Å². The monoisotopic (exact) mass is 420 g/mol. The van der Waals surface area contributed by atoms with Crippen molar-refractivity contribution < 1.29 is 17.9 Å². The fourth-order valence-electron chi connectivity index (χ4n) is 3.70. The Morgan fingerprint density at radius 3 is 2.21 bits per heavy atom. The minimum Gasteiger partial charge on any atom is -0.344 e. The van der Waals surface area contributed by atoms with E-state index in [0.717, 1.165) is 31.3 Å². The summed E-state index contributed by atoms with van der Waals surface area (Å²) in [5.74, 6) is -0.469. The largest absolute Gasteiger partial charge is 0.344 e. The molecule has 1 saturated heterocycles. The Hall–Kier alpha value is -1.43. The SMILES string of the molecule is C/C(=C\CS(=O)(=O)c1ccccc1)CC/C=C(\C)CC[C@H]1OC(C)(C)OC1(C)C. The number of allylic oxidation sites excluding steroid dienone is 3. The van der Waals surface area contributed by atoms with Gasteiger partial charge >= 0.3 is 0 Å². The van der Waals surface area contributed by atoms with E-state index in [1.165, 1.54) is 5.57 Å². The lowest BCUT2D eigenvalue weighted by molar-refractivity contribution is -0.157. The Labute approximate surface area is 176 Å². The summed E-state index contributed by atoms with van der Waals surface area (Å²) in [5.41, 5.74) is 2.16. The predicted molar refractivity (Wildman–Crippen MR) is 119 cm³/mol. The summed E-state index contributed by atoms with van der Waals surface area (Å²) < 4.78 is 36.7. The molecule has 4 nitrogen and oxygen atoms in total. The smallest absolute Gasteiger partial charge is 0.181 e. The van der Waals surface area contributed by atoms with Gasteiger partial charge in [-0.15, -0.1) is 0 Å². The first-order chi connectivity index (χ1) is 13.4. The van der Waals surface area contributed by atoms with Crippen molar-refractivity contribution in [1.29, 1.82) is 0 Å². The molecule has 2 rings (SSSR count). The molecule has 0 amide bonds. The van der Waals surface area contributed by atoms with E-state index < -0.39 is 15.6 Å². The van der Waals surface area contributed by atoms with E-state index in [9.17, 15) is 8.42 Å². The third kappa shape index (κ3) is 7.40. The zero-order valence-electron chi connectivity index (χ0n) is 18.7. The topological polar surface area (TPSA) is 52.6 Å². The van der Waals surface area contributed by atoms with Crippen LogP contribution in [0.25, 0.3) is 0 Å². The van der Waals surface area contributed by atoms with Gasteiger partial charge in [0.05, 0.1) is 22.4 Å². The maximum atomic E-state index is 12.3. The lowest BCUT2D eigenvalue weighted by Crippen LogP contribution is -2.33. The number of sulfone groups is 1. The van der Waals surface area contributed by atoms with Crippen LogP contribution >= 0.6 is 0 Å². The molecule has 1 heterocycles. The Morgan fingerprint density at radius 2 is 1.62 bits per heavy atom. The Kier molecular flexibility index (Phi) is 7.88. The van der Waals surface area contributed by atoms with Crippen LogP contribution in [0, 0.1) is 0 Å². The average Bonchev–Trinajstić information content (AvgIpc) is 2.85. The van der Waals surface area contributed by atoms with Gasteiger partial charge in [0.25, 0.3) is 0 Å². The highest BCUT2D eigenvalue weighted by atomic mass is 32.2. The summed E-state index contributed by atoms with van der Waals surface area (Å²) in [6.07, 6.45) is 7.85. The summed E-state index contributed by atoms with van der Waals surface area (Å²) in [6.45, 7) is 12.2. The van der Waals surface area contributed by atoms with Crippen LogP contribution in [0.1, 0.15) is 67.2 Å². The lowest BCUT2D eigenvalue weighted by Gasteiger charge is -2.24. The molecule has 1 aromatic rings. The van der Waals surface area contributed by atoms with Crippen molar-refractivity contribution in [2.24, 2.45) is 0 Å². The zero-order valence-corrected chi connectivity index (χ0v) is 19.5. The molecule has 0 bridgehead atoms. The van der Waals surface area contributed by atoms with Gasteiger partial charge in [-0.1, -0.05) is 41.5 Å². The molecule has 29 heavy (non-hydrogen) atoms. The summed E-state index contributed by atoms with van der Waals surface area (Å²) in [6, 6.07) is 8.62. The Bertz CT molecular complexity index is 833. The molecule has 0 aliphatic carbocycles. The molecule has 0 unspecified atom stereocenters. The quantitative estimate of drug-likeness (QED) is 0.471. The summed E-state index contributed by atoms with van der Waals surface area (Å²) >= 11 is 0. The third-order valence-corrected chi connectivity index (χ3v) is 6.89. The normalized spacial score (nSPS) is 22.1. The van der Waals surface area contributed by atoms with Crippen molar-refractivity contribution in [3.05, 3.63) is 53.6 Å². The van der Waals surface area contributed by atoms with Gasteiger partial charge < -0.3 is 9.47 Å². The molecule has 0 aromatic heterocycles. The molecular weight excluding hydrogens is 384 g/mol. The van der Waals surface area contributed by atoms with Gasteiger partial charge in [-0.3, -0.25) is 0 Å². The van der Waals surface area contributed by atoms with Crippen LogP contribution in [0.15, 0.2) is 58.5 Å². The summed E-state index contributed by atoms with van der Waals surface area (Å²) in [7, 11) is -3.25. The molecule has 1 aliphatic heterocycles. The Balaban J connectivity index is 1.79. The van der Waals surface area contributed by atoms with Gasteiger partial charge in [0.15, 0.2) is 15.6 Å². The second-order valence-corrected chi connectivity index (χ2v) is 11.0. The number of benzene rings is 1. The fraction of sp³-hybridized carbons (Fsp3) is 0.583. The highest BCUT2D eigenvalue weighted by Crippen LogP contribution is 2.38. The highest BCUT2D eigenvalue weighted by molar-refractivity contribution is 7.91. The molecule has 5 heteroatoms. The van der Waals surface area contributed by atoms with Crippen LogP contribution < -0.4 is 0 Å². The van der Waals surface area contributed by atoms with Gasteiger partial charge in [0.1, 0.15) is 0 Å². The predicted octanol–water partition coefficient (Wildman–Crippen LogP) is 5.84. The van der Waals surface area contributed by atoms with Crippen LogP contribution in [0.4, 0.5) is 0 Å². The number of ether oxygens (including phenoxy) is 2. The molecule has 1 aliphatic rings. The average molecular weight is 421 g/mol. The first-order valence-electron chi connectivity index (χ1n) is 10.4. The molecular formula is C24H36O4S. The minimum atomic E-state index is -3.25. The van der Waals surface area contributed by atoms with E-state index >= 15 is 0 Å². The molecule has 0 radical (unpaired) electrons. The van der Waals surface area contributed by atoms with Gasteiger partial charge in [0.2, 0.25) is 0 Å². The van der Waals surface area contributed by atoms with Gasteiger partial charge in [-0.05, 0) is 79.4 Å². The second-order valence-electron chi connectivity index (χ2n) is 8.98. The van der Waals surface area contributed by atoms with Crippen LogP contribution in [0.2, 0.25) is 0 Å². The van der Waals surface area contributed by atoms with Crippen molar-refractivity contribution in [2.75, 3.05) is 5.75 Å². The summed E-state index contributed by atoms with van der Waals surface area (Å²) in [5, 5.41) is 0. The van der Waals surface area contributed by atoms with Crippen LogP contribution in [0.5, 0.6) is 0 Å². The van der Waals surface area contributed by atoms with Gasteiger partial charge in [-0.2, -0.15) is 0 Å². The van der Waals surface area contributed by atoms with Crippen molar-refractivity contribution >= 4 is 9.84 Å². The molecule has 0 N–H and O–H groups in total. The Morgan fingerprint density at radius 1 is 1.00 bits per heavy atom. The second kappa shape index (κ2) is 9.59. The van der Waals surface area contributed by atoms with Gasteiger partial charge in [0, 0.05) is 0 Å².